The van der Waals surface area contributed by atoms with Gasteiger partial charge in [-0.25, -0.2) is 0 Å². The lowest BCUT2D eigenvalue weighted by atomic mass is 9.34. The van der Waals surface area contributed by atoms with Crippen LogP contribution in [0.2, 0.25) is 0 Å². The molecule has 186 valence electrons. The van der Waals surface area contributed by atoms with E-state index in [2.05, 4.69) is 60.3 Å². The number of hydrogen-bond acceptors (Lipinski definition) is 3. The standard InChI is InChI=1S/C31H45NO2/c1-19(2)21-11-14-31(26(33)34-8)16-15-28(5)22(25(21)31)9-10-24-29(28,6)13-12-23-27(3,4)17-20(18-32)30(23,24)7/h17,21-25H,1,9-16H2,2-8H3/t21-,22+,23-,24-,25+,28+,29+,30-,31-/m0/s1. The molecule has 4 fully saturated rings. The summed E-state index contributed by atoms with van der Waals surface area (Å²) in [5.74, 6) is 2.35. The molecule has 5 aliphatic carbocycles. The highest BCUT2D eigenvalue weighted by atomic mass is 16.5. The zero-order valence-electron chi connectivity index (χ0n) is 22.6. The van der Waals surface area contributed by atoms with Crippen molar-refractivity contribution in [3.63, 3.8) is 0 Å². The number of hydrogen-bond donors (Lipinski definition) is 0. The maximum atomic E-state index is 13.3. The fourth-order valence-corrected chi connectivity index (χ4v) is 11.2. The molecule has 9 atom stereocenters. The van der Waals surface area contributed by atoms with Crippen LogP contribution < -0.4 is 0 Å². The van der Waals surface area contributed by atoms with Gasteiger partial charge in [-0.3, -0.25) is 4.79 Å². The molecular weight excluding hydrogens is 418 g/mol. The minimum atomic E-state index is -0.333. The molecule has 0 unspecified atom stereocenters. The van der Waals surface area contributed by atoms with Gasteiger partial charge in [0.25, 0.3) is 0 Å². The van der Waals surface area contributed by atoms with Crippen LogP contribution in [0, 0.1) is 68.0 Å². The average Bonchev–Trinajstić information content (AvgIpc) is 3.27. The third-order valence-electron chi connectivity index (χ3n) is 12.9. The van der Waals surface area contributed by atoms with Crippen molar-refractivity contribution in [1.29, 1.82) is 5.26 Å². The van der Waals surface area contributed by atoms with E-state index in [1.165, 1.54) is 18.4 Å². The fourth-order valence-electron chi connectivity index (χ4n) is 11.2. The number of carbonyl (C=O) groups excluding carboxylic acids is 1. The highest BCUT2D eigenvalue weighted by Gasteiger charge is 2.72. The maximum absolute atomic E-state index is 13.3. The third-order valence-corrected chi connectivity index (χ3v) is 12.9. The second-order valence-corrected chi connectivity index (χ2v) is 14.1. The Hall–Kier alpha value is -1.56. The van der Waals surface area contributed by atoms with E-state index in [1.54, 1.807) is 7.11 Å². The number of methoxy groups -OCH3 is 1. The van der Waals surface area contributed by atoms with Gasteiger partial charge in [0.2, 0.25) is 0 Å². The summed E-state index contributed by atoms with van der Waals surface area (Å²) < 4.78 is 5.48. The number of fused-ring (bicyclic) bond motifs is 7. The Morgan fingerprint density at radius 1 is 1.00 bits per heavy atom. The second kappa shape index (κ2) is 7.24. The molecule has 5 aliphatic rings. The van der Waals surface area contributed by atoms with Gasteiger partial charge in [0.1, 0.15) is 0 Å². The molecule has 0 amide bonds. The van der Waals surface area contributed by atoms with Gasteiger partial charge in [0.05, 0.1) is 18.6 Å². The number of allylic oxidation sites excluding steroid dienone is 3. The molecule has 0 spiro atoms. The normalized spacial score (nSPS) is 50.6. The summed E-state index contributed by atoms with van der Waals surface area (Å²) in [6.07, 6.45) is 11.1. The number of nitriles is 1. The maximum Gasteiger partial charge on any atom is 0.312 e. The summed E-state index contributed by atoms with van der Waals surface area (Å²) in [6.45, 7) is 18.8. The minimum absolute atomic E-state index is 0.0264. The lowest BCUT2D eigenvalue weighted by Crippen LogP contribution is -2.65. The van der Waals surface area contributed by atoms with E-state index < -0.39 is 0 Å². The van der Waals surface area contributed by atoms with Gasteiger partial charge in [-0.2, -0.15) is 5.26 Å². The summed E-state index contributed by atoms with van der Waals surface area (Å²) in [5.41, 5.74) is 2.33. The molecule has 0 N–H and O–H groups in total. The molecule has 0 aromatic rings. The molecule has 0 bridgehead atoms. The molecule has 0 aliphatic heterocycles. The van der Waals surface area contributed by atoms with Crippen LogP contribution in [0.3, 0.4) is 0 Å². The number of rotatable bonds is 2. The Balaban J connectivity index is 1.61. The van der Waals surface area contributed by atoms with E-state index in [0.717, 1.165) is 44.1 Å². The molecule has 3 nitrogen and oxygen atoms in total. The van der Waals surface area contributed by atoms with Crippen LogP contribution in [0.4, 0.5) is 0 Å². The molecular formula is C31H45NO2. The van der Waals surface area contributed by atoms with Crippen LogP contribution in [0.15, 0.2) is 23.8 Å². The Bertz CT molecular complexity index is 1000. The summed E-state index contributed by atoms with van der Waals surface area (Å²) in [6, 6.07) is 2.67. The van der Waals surface area contributed by atoms with E-state index in [9.17, 15) is 10.1 Å². The smallest absolute Gasteiger partial charge is 0.312 e. The Kier molecular flexibility index (Phi) is 5.14. The van der Waals surface area contributed by atoms with Gasteiger partial charge in [0, 0.05) is 11.0 Å². The van der Waals surface area contributed by atoms with Crippen molar-refractivity contribution < 1.29 is 9.53 Å². The van der Waals surface area contributed by atoms with Crippen LogP contribution >= 0.6 is 0 Å². The van der Waals surface area contributed by atoms with Crippen LogP contribution in [-0.2, 0) is 9.53 Å². The molecule has 0 radical (unpaired) electrons. The van der Waals surface area contributed by atoms with Crippen LogP contribution in [0.1, 0.15) is 92.9 Å². The zero-order chi connectivity index (χ0) is 24.9. The van der Waals surface area contributed by atoms with Gasteiger partial charge in [0.15, 0.2) is 0 Å². The van der Waals surface area contributed by atoms with Gasteiger partial charge in [-0.05, 0) is 104 Å². The molecule has 4 saturated carbocycles. The van der Waals surface area contributed by atoms with Gasteiger partial charge < -0.3 is 4.74 Å². The monoisotopic (exact) mass is 463 g/mol. The van der Waals surface area contributed by atoms with Gasteiger partial charge >= 0.3 is 5.97 Å². The molecule has 34 heavy (non-hydrogen) atoms. The Labute approximate surface area is 207 Å². The lowest BCUT2D eigenvalue weighted by molar-refractivity contribution is -0.218. The van der Waals surface area contributed by atoms with E-state index in [0.29, 0.717) is 29.6 Å². The minimum Gasteiger partial charge on any atom is -0.469 e. The van der Waals surface area contributed by atoms with Crippen molar-refractivity contribution in [3.8, 4) is 6.07 Å². The van der Waals surface area contributed by atoms with E-state index >= 15 is 0 Å². The molecule has 0 heterocycles. The van der Waals surface area contributed by atoms with Crippen molar-refractivity contribution in [3.05, 3.63) is 23.8 Å². The first-order chi connectivity index (χ1) is 15.8. The van der Waals surface area contributed by atoms with Crippen molar-refractivity contribution in [2.45, 2.75) is 92.9 Å². The van der Waals surface area contributed by atoms with Gasteiger partial charge in [-0.1, -0.05) is 52.8 Å². The van der Waals surface area contributed by atoms with Crippen LogP contribution in [0.25, 0.3) is 0 Å². The lowest BCUT2D eigenvalue weighted by Gasteiger charge is -2.70. The summed E-state index contributed by atoms with van der Waals surface area (Å²) >= 11 is 0. The Morgan fingerprint density at radius 3 is 2.32 bits per heavy atom. The van der Waals surface area contributed by atoms with Crippen LogP contribution in [0.5, 0.6) is 0 Å². The summed E-state index contributed by atoms with van der Waals surface area (Å²) in [7, 11) is 1.58. The zero-order valence-corrected chi connectivity index (χ0v) is 22.6. The first-order valence-electron chi connectivity index (χ1n) is 13.7. The first kappa shape index (κ1) is 24.1. The highest BCUT2D eigenvalue weighted by Crippen LogP contribution is 2.78. The largest absolute Gasteiger partial charge is 0.469 e. The average molecular weight is 464 g/mol. The third kappa shape index (κ3) is 2.62. The molecule has 3 heteroatoms. The van der Waals surface area contributed by atoms with Gasteiger partial charge in [-0.15, -0.1) is 0 Å². The molecule has 0 aromatic heterocycles. The van der Waals surface area contributed by atoms with Crippen LogP contribution in [-0.4, -0.2) is 13.1 Å². The highest BCUT2D eigenvalue weighted by molar-refractivity contribution is 5.78. The molecule has 0 saturated heterocycles. The van der Waals surface area contributed by atoms with E-state index in [1.807, 2.05) is 0 Å². The topological polar surface area (TPSA) is 50.1 Å². The Morgan fingerprint density at radius 2 is 1.71 bits per heavy atom. The van der Waals surface area contributed by atoms with Crippen molar-refractivity contribution in [2.24, 2.45) is 56.7 Å². The predicted octanol–water partition coefficient (Wildman–Crippen LogP) is 7.49. The number of carbonyl (C=O) groups is 1. The van der Waals surface area contributed by atoms with Crippen molar-refractivity contribution in [1.82, 2.24) is 0 Å². The number of ether oxygens (including phenoxy) is 1. The summed E-state index contributed by atoms with van der Waals surface area (Å²) in [5, 5.41) is 10.2. The van der Waals surface area contributed by atoms with E-state index in [-0.39, 0.29) is 33.0 Å². The molecule has 5 rings (SSSR count). The summed E-state index contributed by atoms with van der Waals surface area (Å²) in [4.78, 5) is 13.3. The number of nitrogens with zero attached hydrogens (tertiary/aromatic N) is 1. The fraction of sp³-hybridized carbons (Fsp3) is 0.806. The van der Waals surface area contributed by atoms with Crippen molar-refractivity contribution in [2.75, 3.05) is 7.11 Å². The van der Waals surface area contributed by atoms with E-state index in [4.69, 9.17) is 4.74 Å². The number of esters is 1. The predicted molar refractivity (Wildman–Crippen MR) is 135 cm³/mol. The molecule has 0 aromatic carbocycles. The quantitative estimate of drug-likeness (QED) is 0.315. The van der Waals surface area contributed by atoms with Crippen molar-refractivity contribution >= 4 is 5.97 Å². The SMILES string of the molecule is C=C(C)[C@@H]1CC[C@]2(C(=O)OC)CC[C@]3(C)[C@H](CC[C@@H]4[C@@]5(C)C(C#N)=CC(C)(C)[C@@H]5CC[C@]43C)[C@@H]12. The second-order valence-electron chi connectivity index (χ2n) is 14.1. The first-order valence-corrected chi connectivity index (χ1v) is 13.7.